The van der Waals surface area contributed by atoms with E-state index in [-0.39, 0.29) is 0 Å². The fourth-order valence-corrected chi connectivity index (χ4v) is 10.7. The van der Waals surface area contributed by atoms with Gasteiger partial charge in [0.2, 0.25) is 0 Å². The Morgan fingerprint density at radius 3 is 1.40 bits per heavy atom. The zero-order valence-corrected chi connectivity index (χ0v) is 25.9. The van der Waals surface area contributed by atoms with Gasteiger partial charge in [-0.05, 0) is 157 Å². The maximum Gasteiger partial charge on any atom is -0.00171 e. The zero-order chi connectivity index (χ0) is 29.4. The first-order chi connectivity index (χ1) is 22.2. The van der Waals surface area contributed by atoms with Gasteiger partial charge < -0.3 is 0 Å². The third kappa shape index (κ3) is 3.23. The Hall–Kier alpha value is -4.42. The fourth-order valence-electron chi connectivity index (χ4n) is 10.7. The van der Waals surface area contributed by atoms with Crippen molar-refractivity contribution >= 4 is 43.1 Å². The first-order valence-corrected chi connectivity index (χ1v) is 17.3. The van der Waals surface area contributed by atoms with Crippen molar-refractivity contribution in [2.24, 2.45) is 0 Å². The van der Waals surface area contributed by atoms with Crippen molar-refractivity contribution < 1.29 is 0 Å². The molecule has 4 bridgehead atoms. The lowest BCUT2D eigenvalue weighted by atomic mass is 9.76. The molecule has 2 fully saturated rings. The van der Waals surface area contributed by atoms with E-state index in [1.165, 1.54) is 109 Å². The third-order valence-corrected chi connectivity index (χ3v) is 12.5. The van der Waals surface area contributed by atoms with Gasteiger partial charge in [0.25, 0.3) is 0 Å². The van der Waals surface area contributed by atoms with Crippen molar-refractivity contribution in [3.05, 3.63) is 131 Å². The lowest BCUT2D eigenvalue weighted by molar-refractivity contribution is 0.720. The third-order valence-electron chi connectivity index (χ3n) is 12.5. The van der Waals surface area contributed by atoms with Crippen LogP contribution in [0.4, 0.5) is 0 Å². The van der Waals surface area contributed by atoms with Crippen molar-refractivity contribution in [1.29, 1.82) is 0 Å². The van der Waals surface area contributed by atoms with E-state index in [9.17, 15) is 0 Å². The van der Waals surface area contributed by atoms with Crippen LogP contribution in [-0.2, 0) is 0 Å². The Labute approximate surface area is 264 Å². The van der Waals surface area contributed by atoms with E-state index < -0.39 is 0 Å². The van der Waals surface area contributed by atoms with Crippen molar-refractivity contribution in [3.63, 3.8) is 0 Å². The number of benzene rings is 7. The minimum Gasteiger partial charge on any atom is -0.0616 e. The second-order valence-corrected chi connectivity index (χ2v) is 14.7. The van der Waals surface area contributed by atoms with Crippen LogP contribution in [0.3, 0.4) is 0 Å². The minimum absolute atomic E-state index is 0.680. The molecule has 0 heteroatoms. The molecule has 2 saturated carbocycles. The number of rotatable bonds is 2. The molecule has 0 radical (unpaired) electrons. The number of aryl methyl sites for hydroxylation is 1. The predicted octanol–water partition coefficient (Wildman–Crippen LogP) is 12.7. The molecule has 0 aromatic heterocycles. The molecular formula is C45H36. The van der Waals surface area contributed by atoms with E-state index in [4.69, 9.17) is 0 Å². The highest BCUT2D eigenvalue weighted by Gasteiger charge is 2.41. The summed E-state index contributed by atoms with van der Waals surface area (Å²) in [7, 11) is 0. The van der Waals surface area contributed by atoms with Gasteiger partial charge in [-0.25, -0.2) is 0 Å². The molecule has 0 saturated heterocycles. The van der Waals surface area contributed by atoms with Crippen LogP contribution in [0.15, 0.2) is 103 Å². The summed E-state index contributed by atoms with van der Waals surface area (Å²) in [5, 5.41) is 11.3. The highest BCUT2D eigenvalue weighted by atomic mass is 14.5. The van der Waals surface area contributed by atoms with E-state index in [0.29, 0.717) is 11.8 Å². The van der Waals surface area contributed by atoms with Crippen LogP contribution < -0.4 is 0 Å². The van der Waals surface area contributed by atoms with Gasteiger partial charge >= 0.3 is 0 Å². The minimum atomic E-state index is 0.680. The predicted molar refractivity (Wildman–Crippen MR) is 191 cm³/mol. The van der Waals surface area contributed by atoms with E-state index >= 15 is 0 Å². The monoisotopic (exact) mass is 576 g/mol. The van der Waals surface area contributed by atoms with Gasteiger partial charge in [0.1, 0.15) is 0 Å². The van der Waals surface area contributed by atoms with E-state index in [2.05, 4.69) is 110 Å². The average molecular weight is 577 g/mol. The quantitative estimate of drug-likeness (QED) is 0.180. The molecule has 4 unspecified atom stereocenters. The average Bonchev–Trinajstić information content (AvgIpc) is 3.89. The Morgan fingerprint density at radius 2 is 0.844 bits per heavy atom. The molecule has 7 aromatic carbocycles. The SMILES string of the molecule is Cc1ccc2c(-c3c4c(cc5ccccc35)C3CCC4C3)c3ccccc3c(-c3c4c(cc5ccccc35)C3CCC4C3)c2c1. The van der Waals surface area contributed by atoms with Crippen molar-refractivity contribution in [3.8, 4) is 22.3 Å². The molecule has 216 valence electrons. The summed E-state index contributed by atoms with van der Waals surface area (Å²) in [4.78, 5) is 0. The van der Waals surface area contributed by atoms with Crippen LogP contribution in [0.5, 0.6) is 0 Å². The highest BCUT2D eigenvalue weighted by molar-refractivity contribution is 6.26. The van der Waals surface area contributed by atoms with Crippen LogP contribution >= 0.6 is 0 Å². The smallest absolute Gasteiger partial charge is 0.00171 e. The van der Waals surface area contributed by atoms with Gasteiger partial charge in [-0.1, -0.05) is 109 Å². The van der Waals surface area contributed by atoms with Gasteiger partial charge in [0.15, 0.2) is 0 Å². The van der Waals surface area contributed by atoms with Crippen LogP contribution in [0, 0.1) is 6.92 Å². The number of hydrogen-bond acceptors (Lipinski definition) is 0. The second kappa shape index (κ2) is 8.85. The lowest BCUT2D eigenvalue weighted by Gasteiger charge is -2.27. The molecule has 0 nitrogen and oxygen atoms in total. The Kier molecular flexibility index (Phi) is 4.89. The van der Waals surface area contributed by atoms with Crippen LogP contribution in [-0.4, -0.2) is 0 Å². The summed E-state index contributed by atoms with van der Waals surface area (Å²) in [6, 6.07) is 40.3. The van der Waals surface area contributed by atoms with Crippen LogP contribution in [0.1, 0.15) is 90.0 Å². The molecule has 0 amide bonds. The summed E-state index contributed by atoms with van der Waals surface area (Å²) >= 11 is 0. The molecule has 0 heterocycles. The van der Waals surface area contributed by atoms with Gasteiger partial charge in [0, 0.05) is 0 Å². The maximum atomic E-state index is 2.55. The standard InChI is InChI=1S/C45H36/c1-25-14-19-36-39(20-25)43(45-33-11-5-3-9-27(33)24-38-29-16-18-31(22-29)41(38)45)35-13-7-6-12-34(35)42(36)44-32-10-4-2-8-26(32)23-37-28-15-17-30(21-28)40(37)44/h2-14,19-20,23-24,28-31H,15-18,21-22H2,1H3. The largest absolute Gasteiger partial charge is 0.0616 e. The van der Waals surface area contributed by atoms with Crippen molar-refractivity contribution in [2.75, 3.05) is 0 Å². The van der Waals surface area contributed by atoms with E-state index in [0.717, 1.165) is 11.8 Å². The normalized spacial score (nSPS) is 22.7. The summed E-state index contributed by atoms with van der Waals surface area (Å²) in [5.41, 5.74) is 13.9. The maximum absolute atomic E-state index is 2.55. The molecule has 4 aliphatic rings. The summed E-state index contributed by atoms with van der Waals surface area (Å²) in [6.07, 6.45) is 8.03. The van der Waals surface area contributed by atoms with Gasteiger partial charge in [-0.15, -0.1) is 0 Å². The summed E-state index contributed by atoms with van der Waals surface area (Å²) in [5.74, 6) is 2.81. The highest BCUT2D eigenvalue weighted by Crippen LogP contribution is 2.61. The summed E-state index contributed by atoms with van der Waals surface area (Å²) < 4.78 is 0. The zero-order valence-electron chi connectivity index (χ0n) is 25.9. The van der Waals surface area contributed by atoms with Gasteiger partial charge in [0.05, 0.1) is 0 Å². The molecular weight excluding hydrogens is 540 g/mol. The van der Waals surface area contributed by atoms with Crippen molar-refractivity contribution in [1.82, 2.24) is 0 Å². The molecule has 4 atom stereocenters. The van der Waals surface area contributed by atoms with Crippen molar-refractivity contribution in [2.45, 2.75) is 69.1 Å². The Bertz CT molecular complexity index is 2420. The molecule has 0 N–H and O–H groups in total. The molecule has 45 heavy (non-hydrogen) atoms. The molecule has 11 rings (SSSR count). The molecule has 4 aliphatic carbocycles. The fraction of sp³-hybridized carbons (Fsp3) is 0.244. The molecule has 7 aromatic rings. The van der Waals surface area contributed by atoms with E-state index in [1.54, 1.807) is 22.3 Å². The molecule has 0 aliphatic heterocycles. The topological polar surface area (TPSA) is 0 Å². The van der Waals surface area contributed by atoms with E-state index in [1.807, 2.05) is 0 Å². The number of hydrogen-bond donors (Lipinski definition) is 0. The second-order valence-electron chi connectivity index (χ2n) is 14.7. The van der Waals surface area contributed by atoms with Gasteiger partial charge in [-0.2, -0.15) is 0 Å². The van der Waals surface area contributed by atoms with Crippen LogP contribution in [0.25, 0.3) is 65.3 Å². The number of fused-ring (bicyclic) bond motifs is 14. The summed E-state index contributed by atoms with van der Waals surface area (Å²) in [6.45, 7) is 2.28. The lowest BCUT2D eigenvalue weighted by Crippen LogP contribution is -2.04. The van der Waals surface area contributed by atoms with Crippen LogP contribution in [0.2, 0.25) is 0 Å². The Morgan fingerprint density at radius 1 is 0.400 bits per heavy atom. The first kappa shape index (κ1) is 24.8. The molecule has 0 spiro atoms. The van der Waals surface area contributed by atoms with Gasteiger partial charge in [-0.3, -0.25) is 0 Å². The first-order valence-electron chi connectivity index (χ1n) is 17.3. The Balaban J connectivity index is 1.36.